The van der Waals surface area contributed by atoms with Crippen LogP contribution in [0.1, 0.15) is 12.0 Å². The molecule has 1 aromatic carbocycles. The number of carbonyl (C=O) groups excluding carboxylic acids is 2. The first-order chi connectivity index (χ1) is 10.8. The van der Waals surface area contributed by atoms with Crippen LogP contribution in [0.3, 0.4) is 0 Å². The van der Waals surface area contributed by atoms with Gasteiger partial charge in [0.05, 0.1) is 11.5 Å². The van der Waals surface area contributed by atoms with Gasteiger partial charge in [0.2, 0.25) is 5.91 Å². The molecular formula is C16H13F3NO3-. The number of hydrogen-bond donors (Lipinski definition) is 1. The molecule has 0 heterocycles. The standard InChI is InChI=1S/C16H14F3NO3/c17-16(18,19)10-2-1-3-11(7-10)20-14(21)12-8-4-5-9(6-8)13(12)15(22)23/h1-5,7-9,12-13H,6H2,(H,20,21)(H,22,23)/p-1/t8-,9+,12-,13+/m1/s1. The van der Waals surface area contributed by atoms with Gasteiger partial charge < -0.3 is 15.2 Å². The smallest absolute Gasteiger partial charge is 0.416 e. The average molecular weight is 324 g/mol. The van der Waals surface area contributed by atoms with Gasteiger partial charge in [-0.25, -0.2) is 0 Å². The number of amides is 1. The molecule has 1 saturated carbocycles. The Morgan fingerprint density at radius 2 is 1.78 bits per heavy atom. The van der Waals surface area contributed by atoms with E-state index in [9.17, 15) is 27.9 Å². The molecule has 0 aliphatic heterocycles. The highest BCUT2D eigenvalue weighted by molar-refractivity contribution is 5.96. The molecule has 1 aromatic rings. The molecule has 2 aliphatic rings. The maximum Gasteiger partial charge on any atom is 0.416 e. The maximum absolute atomic E-state index is 12.7. The molecule has 4 nitrogen and oxygen atoms in total. The third kappa shape index (κ3) is 2.83. The summed E-state index contributed by atoms with van der Waals surface area (Å²) in [5.74, 6) is -4.10. The molecule has 1 N–H and O–H groups in total. The van der Waals surface area contributed by atoms with Crippen molar-refractivity contribution in [3.05, 3.63) is 42.0 Å². The summed E-state index contributed by atoms with van der Waals surface area (Å²) in [6.45, 7) is 0. The third-order valence-corrected chi connectivity index (χ3v) is 4.49. The highest BCUT2D eigenvalue weighted by Crippen LogP contribution is 2.48. The van der Waals surface area contributed by atoms with E-state index < -0.39 is 35.5 Å². The zero-order valence-corrected chi connectivity index (χ0v) is 11.8. The van der Waals surface area contributed by atoms with E-state index in [4.69, 9.17) is 0 Å². The SMILES string of the molecule is O=C([O-])[C@@H]1[C@H](C(=O)Nc2cccc(C(F)(F)F)c2)[C@@H]2C=C[C@H]1C2. The molecule has 3 rings (SSSR count). The van der Waals surface area contributed by atoms with Gasteiger partial charge in [0.15, 0.2) is 0 Å². The van der Waals surface area contributed by atoms with Crippen molar-refractivity contribution in [1.82, 2.24) is 0 Å². The van der Waals surface area contributed by atoms with E-state index in [1.165, 1.54) is 12.1 Å². The first-order valence-electron chi connectivity index (χ1n) is 7.14. The Hall–Kier alpha value is -2.31. The average Bonchev–Trinajstić information content (AvgIpc) is 3.07. The van der Waals surface area contributed by atoms with Crippen LogP contribution in [0.5, 0.6) is 0 Å². The Morgan fingerprint density at radius 1 is 1.13 bits per heavy atom. The number of carboxylic acids is 1. The largest absolute Gasteiger partial charge is 0.550 e. The number of carbonyl (C=O) groups is 2. The number of benzene rings is 1. The lowest BCUT2D eigenvalue weighted by atomic mass is 9.82. The van der Waals surface area contributed by atoms with Gasteiger partial charge in [0, 0.05) is 17.6 Å². The second-order valence-corrected chi connectivity index (χ2v) is 5.89. The first kappa shape index (κ1) is 15.6. The fourth-order valence-electron chi connectivity index (χ4n) is 3.50. The van der Waals surface area contributed by atoms with Crippen molar-refractivity contribution in [2.75, 3.05) is 5.32 Å². The van der Waals surface area contributed by atoms with Crippen molar-refractivity contribution in [2.45, 2.75) is 12.6 Å². The second-order valence-electron chi connectivity index (χ2n) is 5.89. The number of anilines is 1. The molecule has 4 atom stereocenters. The minimum absolute atomic E-state index is 0.00586. The Bertz CT molecular complexity index is 683. The summed E-state index contributed by atoms with van der Waals surface area (Å²) in [6.07, 6.45) is -0.400. The Morgan fingerprint density at radius 3 is 2.39 bits per heavy atom. The number of rotatable bonds is 3. The zero-order chi connectivity index (χ0) is 16.8. The predicted molar refractivity (Wildman–Crippen MR) is 72.8 cm³/mol. The van der Waals surface area contributed by atoms with E-state index in [1.807, 2.05) is 0 Å². The van der Waals surface area contributed by atoms with Crippen LogP contribution < -0.4 is 10.4 Å². The molecule has 0 aromatic heterocycles. The number of hydrogen-bond acceptors (Lipinski definition) is 3. The van der Waals surface area contributed by atoms with Crippen LogP contribution in [0.15, 0.2) is 36.4 Å². The van der Waals surface area contributed by atoms with Gasteiger partial charge >= 0.3 is 6.18 Å². The second kappa shape index (κ2) is 5.40. The van der Waals surface area contributed by atoms with Gasteiger partial charge in [-0.2, -0.15) is 13.2 Å². The number of carboxylic acid groups (broad SMARTS) is 1. The number of fused-ring (bicyclic) bond motifs is 2. The van der Waals surface area contributed by atoms with Crippen LogP contribution in [0.25, 0.3) is 0 Å². The topological polar surface area (TPSA) is 69.2 Å². The highest BCUT2D eigenvalue weighted by Gasteiger charge is 2.48. The summed E-state index contributed by atoms with van der Waals surface area (Å²) >= 11 is 0. The summed E-state index contributed by atoms with van der Waals surface area (Å²) in [6, 6.07) is 4.26. The normalized spacial score (nSPS) is 28.8. The summed E-state index contributed by atoms with van der Waals surface area (Å²) < 4.78 is 38.1. The number of aliphatic carboxylic acids is 1. The molecule has 2 aliphatic carbocycles. The van der Waals surface area contributed by atoms with E-state index >= 15 is 0 Å². The summed E-state index contributed by atoms with van der Waals surface area (Å²) in [4.78, 5) is 23.6. The monoisotopic (exact) mass is 324 g/mol. The van der Waals surface area contributed by atoms with Crippen LogP contribution in [-0.4, -0.2) is 11.9 Å². The van der Waals surface area contributed by atoms with Crippen molar-refractivity contribution in [2.24, 2.45) is 23.7 Å². The molecular weight excluding hydrogens is 311 g/mol. The first-order valence-corrected chi connectivity index (χ1v) is 7.14. The molecule has 7 heteroatoms. The highest BCUT2D eigenvalue weighted by atomic mass is 19.4. The van der Waals surface area contributed by atoms with Crippen LogP contribution in [0.4, 0.5) is 18.9 Å². The zero-order valence-electron chi connectivity index (χ0n) is 11.8. The molecule has 122 valence electrons. The van der Waals surface area contributed by atoms with Crippen molar-refractivity contribution in [1.29, 1.82) is 0 Å². The quantitative estimate of drug-likeness (QED) is 0.863. The molecule has 0 spiro atoms. The lowest BCUT2D eigenvalue weighted by molar-refractivity contribution is -0.313. The fraction of sp³-hybridized carbons (Fsp3) is 0.375. The van der Waals surface area contributed by atoms with Crippen molar-refractivity contribution >= 4 is 17.6 Å². The summed E-state index contributed by atoms with van der Waals surface area (Å²) in [5.41, 5.74) is -0.881. The number of allylic oxidation sites excluding steroid dienone is 2. The van der Waals surface area contributed by atoms with Gasteiger partial charge in [-0.1, -0.05) is 18.2 Å². The van der Waals surface area contributed by atoms with Gasteiger partial charge in [0.25, 0.3) is 0 Å². The number of halogens is 3. The predicted octanol–water partition coefficient (Wildman–Crippen LogP) is 1.83. The van der Waals surface area contributed by atoms with E-state index in [0.29, 0.717) is 6.42 Å². The molecule has 0 saturated heterocycles. The summed E-state index contributed by atoms with van der Waals surface area (Å²) in [5, 5.41) is 13.7. The Labute approximate surface area is 130 Å². The molecule has 1 fully saturated rings. The summed E-state index contributed by atoms with van der Waals surface area (Å²) in [7, 11) is 0. The van der Waals surface area contributed by atoms with Gasteiger partial charge in [0.1, 0.15) is 0 Å². The van der Waals surface area contributed by atoms with Crippen LogP contribution in [0, 0.1) is 23.7 Å². The van der Waals surface area contributed by atoms with Crippen LogP contribution in [0.2, 0.25) is 0 Å². The fourth-order valence-corrected chi connectivity index (χ4v) is 3.50. The van der Waals surface area contributed by atoms with Crippen LogP contribution in [-0.2, 0) is 15.8 Å². The number of nitrogens with one attached hydrogen (secondary N) is 1. The van der Waals surface area contributed by atoms with E-state index in [0.717, 1.165) is 12.1 Å². The lowest BCUT2D eigenvalue weighted by Crippen LogP contribution is -2.42. The molecule has 2 bridgehead atoms. The van der Waals surface area contributed by atoms with Crippen molar-refractivity contribution in [3.8, 4) is 0 Å². The maximum atomic E-state index is 12.7. The Balaban J connectivity index is 1.80. The van der Waals surface area contributed by atoms with Crippen molar-refractivity contribution < 1.29 is 27.9 Å². The van der Waals surface area contributed by atoms with E-state index in [-0.39, 0.29) is 17.5 Å². The number of alkyl halides is 3. The molecule has 23 heavy (non-hydrogen) atoms. The minimum Gasteiger partial charge on any atom is -0.550 e. The van der Waals surface area contributed by atoms with E-state index in [1.54, 1.807) is 12.2 Å². The molecule has 0 radical (unpaired) electrons. The third-order valence-electron chi connectivity index (χ3n) is 4.49. The van der Waals surface area contributed by atoms with Crippen molar-refractivity contribution in [3.63, 3.8) is 0 Å². The van der Waals surface area contributed by atoms with Gasteiger partial charge in [-0.15, -0.1) is 0 Å². The molecule has 1 amide bonds. The minimum atomic E-state index is -4.51. The van der Waals surface area contributed by atoms with E-state index in [2.05, 4.69) is 5.32 Å². The Kier molecular flexibility index (Phi) is 3.66. The van der Waals surface area contributed by atoms with Gasteiger partial charge in [-0.3, -0.25) is 4.79 Å². The lowest BCUT2D eigenvalue weighted by Gasteiger charge is -2.27. The van der Waals surface area contributed by atoms with Crippen LogP contribution >= 0.6 is 0 Å². The van der Waals surface area contributed by atoms with Gasteiger partial charge in [-0.05, 0) is 36.5 Å². The molecule has 0 unspecified atom stereocenters.